The van der Waals surface area contributed by atoms with Crippen LogP contribution in [0.15, 0.2) is 30.6 Å². The second kappa shape index (κ2) is 4.21. The highest BCUT2D eigenvalue weighted by Gasteiger charge is 2.58. The maximum atomic E-state index is 10.9. The Bertz CT molecular complexity index is 684. The van der Waals surface area contributed by atoms with Gasteiger partial charge in [-0.05, 0) is 30.0 Å². The molecule has 4 rings (SSSR count). The zero-order chi connectivity index (χ0) is 14.6. The molecule has 0 unspecified atom stereocenters. The van der Waals surface area contributed by atoms with Gasteiger partial charge in [0.15, 0.2) is 5.82 Å². The van der Waals surface area contributed by atoms with E-state index < -0.39 is 6.09 Å². The van der Waals surface area contributed by atoms with Gasteiger partial charge in [0.1, 0.15) is 5.75 Å². The second-order valence-corrected chi connectivity index (χ2v) is 5.60. The molecule has 1 amide bonds. The van der Waals surface area contributed by atoms with Crippen molar-refractivity contribution >= 4 is 6.09 Å². The molecule has 2 aliphatic rings. The second-order valence-electron chi connectivity index (χ2n) is 5.60. The van der Waals surface area contributed by atoms with Gasteiger partial charge >= 0.3 is 6.09 Å². The van der Waals surface area contributed by atoms with Crippen molar-refractivity contribution < 1.29 is 15.0 Å². The minimum Gasteiger partial charge on any atom is -0.506 e. The number of hydrogen-bond donors (Lipinski definition) is 2. The molecular formula is C14H14N4O3. The van der Waals surface area contributed by atoms with Gasteiger partial charge < -0.3 is 15.1 Å². The van der Waals surface area contributed by atoms with Crippen molar-refractivity contribution in [1.82, 2.24) is 19.7 Å². The lowest BCUT2D eigenvalue weighted by Gasteiger charge is -2.14. The molecule has 0 spiro atoms. The lowest BCUT2D eigenvalue weighted by molar-refractivity contribution is 0.150. The number of carbonyl (C=O) groups is 1. The van der Waals surface area contributed by atoms with Crippen LogP contribution >= 0.6 is 0 Å². The van der Waals surface area contributed by atoms with Crippen molar-refractivity contribution in [1.29, 1.82) is 0 Å². The number of aromatic nitrogens is 3. The molecule has 7 heteroatoms. The number of fused-ring (bicyclic) bond motifs is 1. The van der Waals surface area contributed by atoms with Gasteiger partial charge in [0.25, 0.3) is 0 Å². The normalized spacial score (nSPS) is 26.7. The molecule has 3 atom stereocenters. The monoisotopic (exact) mass is 286 g/mol. The Morgan fingerprint density at radius 2 is 2.00 bits per heavy atom. The van der Waals surface area contributed by atoms with Crippen LogP contribution < -0.4 is 0 Å². The Kier molecular flexibility index (Phi) is 2.44. The molecule has 3 heterocycles. The van der Waals surface area contributed by atoms with Crippen molar-refractivity contribution in [2.24, 2.45) is 11.8 Å². The molecule has 1 aliphatic carbocycles. The van der Waals surface area contributed by atoms with E-state index in [-0.39, 0.29) is 5.75 Å². The summed E-state index contributed by atoms with van der Waals surface area (Å²) in [4.78, 5) is 16.5. The van der Waals surface area contributed by atoms with Gasteiger partial charge in [-0.2, -0.15) is 5.10 Å². The Balaban J connectivity index is 1.50. The van der Waals surface area contributed by atoms with Crippen LogP contribution in [0.25, 0.3) is 5.82 Å². The van der Waals surface area contributed by atoms with Crippen LogP contribution in [-0.4, -0.2) is 49.1 Å². The molecule has 2 aromatic heterocycles. The summed E-state index contributed by atoms with van der Waals surface area (Å²) in [6, 6.07) is 5.23. The minimum atomic E-state index is -0.834. The molecule has 21 heavy (non-hydrogen) atoms. The minimum absolute atomic E-state index is 0.122. The average Bonchev–Trinajstić information content (AvgIpc) is 2.87. The summed E-state index contributed by atoms with van der Waals surface area (Å²) in [5.74, 6) is 1.93. The molecule has 7 nitrogen and oxygen atoms in total. The molecule has 2 N–H and O–H groups in total. The first-order valence-corrected chi connectivity index (χ1v) is 6.82. The van der Waals surface area contributed by atoms with Crippen LogP contribution in [-0.2, 0) is 0 Å². The molecule has 1 saturated carbocycles. The number of likely N-dealkylation sites (tertiary alicyclic amines) is 1. The summed E-state index contributed by atoms with van der Waals surface area (Å²) in [6.45, 7) is 1.21. The molecule has 0 radical (unpaired) electrons. The highest BCUT2D eigenvalue weighted by atomic mass is 16.4. The molecule has 2 aromatic rings. The number of pyridine rings is 1. The average molecular weight is 286 g/mol. The third-order valence-corrected chi connectivity index (χ3v) is 4.38. The highest BCUT2D eigenvalue weighted by Crippen LogP contribution is 2.57. The zero-order valence-corrected chi connectivity index (χ0v) is 11.1. The predicted molar refractivity (Wildman–Crippen MR) is 72.3 cm³/mol. The van der Waals surface area contributed by atoms with Gasteiger partial charge in [-0.25, -0.2) is 14.5 Å². The van der Waals surface area contributed by atoms with Gasteiger partial charge in [-0.15, -0.1) is 0 Å². The number of aromatic hydroxyl groups is 1. The molecule has 1 saturated heterocycles. The fourth-order valence-electron chi connectivity index (χ4n) is 3.28. The van der Waals surface area contributed by atoms with Crippen LogP contribution in [0.3, 0.4) is 0 Å². The van der Waals surface area contributed by atoms with E-state index in [4.69, 9.17) is 5.11 Å². The van der Waals surface area contributed by atoms with Gasteiger partial charge in [-0.3, -0.25) is 0 Å². The van der Waals surface area contributed by atoms with Crippen LogP contribution in [0.5, 0.6) is 5.75 Å². The number of amides is 1. The predicted octanol–water partition coefficient (Wildman–Crippen LogP) is 1.30. The van der Waals surface area contributed by atoms with Gasteiger partial charge in [0.05, 0.1) is 11.9 Å². The molecule has 1 aliphatic heterocycles. The first-order chi connectivity index (χ1) is 10.1. The van der Waals surface area contributed by atoms with E-state index in [1.54, 1.807) is 16.8 Å². The van der Waals surface area contributed by atoms with Crippen LogP contribution in [0.2, 0.25) is 0 Å². The quantitative estimate of drug-likeness (QED) is 0.868. The number of rotatable bonds is 2. The summed E-state index contributed by atoms with van der Waals surface area (Å²) in [6.07, 6.45) is 2.39. The summed E-state index contributed by atoms with van der Waals surface area (Å²) >= 11 is 0. The van der Waals surface area contributed by atoms with Crippen molar-refractivity contribution in [3.05, 3.63) is 36.3 Å². The van der Waals surface area contributed by atoms with Crippen molar-refractivity contribution in [3.8, 4) is 11.6 Å². The molecule has 108 valence electrons. The van der Waals surface area contributed by atoms with Crippen molar-refractivity contribution in [3.63, 3.8) is 0 Å². The maximum absolute atomic E-state index is 10.9. The number of piperidine rings is 1. The topological polar surface area (TPSA) is 91.5 Å². The first kappa shape index (κ1) is 12.2. The largest absolute Gasteiger partial charge is 0.506 e. The number of hydrogen-bond acceptors (Lipinski definition) is 4. The van der Waals surface area contributed by atoms with E-state index in [1.165, 1.54) is 11.1 Å². The summed E-state index contributed by atoms with van der Waals surface area (Å²) < 4.78 is 1.68. The molecular weight excluding hydrogens is 272 g/mol. The standard InChI is InChI=1S/C14H14N4O3/c19-8-1-2-12(15-5-8)18-4-3-11(16-18)13-9-6-17(14(20)21)7-10(9)13/h1-5,9-10,13,19H,6-7H2,(H,20,21)/t9-,10+,13+. The van der Waals surface area contributed by atoms with Crippen molar-refractivity contribution in [2.75, 3.05) is 13.1 Å². The summed E-state index contributed by atoms with van der Waals surface area (Å²) in [7, 11) is 0. The van der Waals surface area contributed by atoms with Crippen LogP contribution in [0.4, 0.5) is 4.79 Å². The van der Waals surface area contributed by atoms with E-state index in [0.29, 0.717) is 36.7 Å². The summed E-state index contributed by atoms with van der Waals surface area (Å²) in [5.41, 5.74) is 0.991. The number of carboxylic acid groups (broad SMARTS) is 1. The maximum Gasteiger partial charge on any atom is 0.407 e. The van der Waals surface area contributed by atoms with E-state index in [1.807, 2.05) is 12.3 Å². The van der Waals surface area contributed by atoms with Gasteiger partial charge in [0, 0.05) is 25.2 Å². The lowest BCUT2D eigenvalue weighted by Crippen LogP contribution is -2.29. The zero-order valence-electron chi connectivity index (χ0n) is 11.1. The van der Waals surface area contributed by atoms with Gasteiger partial charge in [0.2, 0.25) is 0 Å². The lowest BCUT2D eigenvalue weighted by atomic mass is 10.2. The third-order valence-electron chi connectivity index (χ3n) is 4.38. The van der Waals surface area contributed by atoms with E-state index in [2.05, 4.69) is 10.1 Å². The molecule has 2 fully saturated rings. The number of nitrogens with zero attached hydrogens (tertiary/aromatic N) is 4. The first-order valence-electron chi connectivity index (χ1n) is 6.82. The van der Waals surface area contributed by atoms with Crippen LogP contribution in [0, 0.1) is 11.8 Å². The third kappa shape index (κ3) is 1.93. The van der Waals surface area contributed by atoms with E-state index >= 15 is 0 Å². The SMILES string of the molecule is O=C(O)N1C[C@@H]2[C@H](C1)[C@H]2c1ccn(-c2ccc(O)cn2)n1. The molecule has 0 bridgehead atoms. The van der Waals surface area contributed by atoms with E-state index in [0.717, 1.165) is 5.69 Å². The fraction of sp³-hybridized carbons (Fsp3) is 0.357. The Morgan fingerprint density at radius 1 is 1.24 bits per heavy atom. The van der Waals surface area contributed by atoms with Gasteiger partial charge in [-0.1, -0.05) is 0 Å². The Hall–Kier alpha value is -2.57. The van der Waals surface area contributed by atoms with E-state index in [9.17, 15) is 9.90 Å². The smallest absolute Gasteiger partial charge is 0.407 e. The highest BCUT2D eigenvalue weighted by molar-refractivity contribution is 5.66. The molecule has 0 aromatic carbocycles. The van der Waals surface area contributed by atoms with Crippen molar-refractivity contribution in [2.45, 2.75) is 5.92 Å². The summed E-state index contributed by atoms with van der Waals surface area (Å²) in [5, 5.41) is 22.7. The Labute approximate surface area is 120 Å². The van der Waals surface area contributed by atoms with Crippen LogP contribution in [0.1, 0.15) is 11.6 Å². The Morgan fingerprint density at radius 3 is 2.62 bits per heavy atom. The fourth-order valence-corrected chi connectivity index (χ4v) is 3.28.